The first-order valence-electron chi connectivity index (χ1n) is 15.3. The first-order valence-corrected chi connectivity index (χ1v) is 15.3. The minimum Gasteiger partial charge on any atom is -0.465 e. The number of anilines is 2. The fraction of sp³-hybridized carbons (Fsp3) is 0.545. The highest BCUT2D eigenvalue weighted by Gasteiger charge is 2.30. The molecule has 0 radical (unpaired) electrons. The number of aryl methyl sites for hydroxylation is 1. The highest BCUT2D eigenvalue weighted by molar-refractivity contribution is 5.94. The fourth-order valence-electron chi connectivity index (χ4n) is 6.10. The molecule has 2 aromatic rings. The summed E-state index contributed by atoms with van der Waals surface area (Å²) in [5, 5.41) is 12.9. The number of rotatable bonds is 11. The number of benzene rings is 2. The van der Waals surface area contributed by atoms with E-state index in [1.165, 1.54) is 10.5 Å². The highest BCUT2D eigenvalue weighted by Crippen LogP contribution is 2.30. The van der Waals surface area contributed by atoms with Crippen LogP contribution in [0, 0.1) is 12.8 Å². The Morgan fingerprint density at radius 2 is 1.84 bits per heavy atom. The number of carboxylic acid groups (broad SMARTS) is 1. The average molecular weight is 595 g/mol. The Kier molecular flexibility index (Phi) is 11.4. The number of hydrogen-bond acceptors (Lipinski definition) is 7. The molecule has 2 aliphatic rings. The van der Waals surface area contributed by atoms with Crippen LogP contribution in [0.3, 0.4) is 0 Å². The molecule has 1 heterocycles. The third-order valence-corrected chi connectivity index (χ3v) is 8.56. The van der Waals surface area contributed by atoms with Gasteiger partial charge in [0.1, 0.15) is 6.61 Å². The van der Waals surface area contributed by atoms with Gasteiger partial charge in [-0.25, -0.2) is 9.59 Å². The lowest BCUT2D eigenvalue weighted by Gasteiger charge is -2.38. The lowest BCUT2D eigenvalue weighted by molar-refractivity contribution is -0.148. The van der Waals surface area contributed by atoms with Crippen molar-refractivity contribution in [2.24, 2.45) is 5.92 Å². The molecule has 10 heteroatoms. The molecule has 43 heavy (non-hydrogen) atoms. The summed E-state index contributed by atoms with van der Waals surface area (Å²) in [5.41, 5.74) is 5.22. The molecule has 2 N–H and O–H groups in total. The normalized spacial score (nSPS) is 20.8. The minimum atomic E-state index is -0.855. The van der Waals surface area contributed by atoms with E-state index in [1.54, 1.807) is 11.8 Å². The van der Waals surface area contributed by atoms with Gasteiger partial charge >= 0.3 is 12.1 Å². The Hall–Kier alpha value is -3.63. The van der Waals surface area contributed by atoms with Gasteiger partial charge in [0.15, 0.2) is 0 Å². The number of esters is 1. The van der Waals surface area contributed by atoms with Gasteiger partial charge in [-0.15, -0.1) is 0 Å². The standard InChI is InChI=1S/C33H46N4O6/c1-5-43-31(38)22-42-21-25-7-6-8-29(18-25)34-28-12-9-26(10-13-28)32(39)35(4)30-14-11-27(23(2)17-30)20-36-15-16-37(33(40)41)24(3)19-36/h6-8,11,14,17-18,24,26,28,34H,5,9-10,12-13,15-16,19-22H2,1-4H3,(H,40,41)/t24-,26-,28-/m0/s1. The molecule has 0 aromatic heterocycles. The maximum absolute atomic E-state index is 13.4. The van der Waals surface area contributed by atoms with Crippen molar-refractivity contribution in [1.82, 2.24) is 9.80 Å². The van der Waals surface area contributed by atoms with Gasteiger partial charge in [-0.2, -0.15) is 0 Å². The number of ether oxygens (including phenoxy) is 2. The van der Waals surface area contributed by atoms with Crippen molar-refractivity contribution >= 4 is 29.3 Å². The van der Waals surface area contributed by atoms with E-state index in [-0.39, 0.29) is 30.4 Å². The SMILES string of the molecule is CCOC(=O)COCc1cccc(N[C@H]2CC[C@H](C(=O)N(C)c3ccc(CN4CCN(C(=O)O)[C@@H](C)C4)c(C)c3)CC2)c1. The number of nitrogens with zero attached hydrogens (tertiary/aromatic N) is 3. The monoisotopic (exact) mass is 594 g/mol. The van der Waals surface area contributed by atoms with Gasteiger partial charge < -0.3 is 29.7 Å². The summed E-state index contributed by atoms with van der Waals surface area (Å²) < 4.78 is 10.4. The number of amides is 2. The van der Waals surface area contributed by atoms with Crippen LogP contribution in [0.4, 0.5) is 16.2 Å². The molecule has 0 unspecified atom stereocenters. The van der Waals surface area contributed by atoms with Crippen molar-refractivity contribution in [2.45, 2.75) is 71.7 Å². The predicted octanol–water partition coefficient (Wildman–Crippen LogP) is 4.89. The zero-order valence-electron chi connectivity index (χ0n) is 25.9. The van der Waals surface area contributed by atoms with Crippen molar-refractivity contribution in [1.29, 1.82) is 0 Å². The van der Waals surface area contributed by atoms with Crippen LogP contribution in [-0.4, -0.2) is 84.9 Å². The number of hydrogen-bond donors (Lipinski definition) is 2. The van der Waals surface area contributed by atoms with Gasteiger partial charge in [-0.05, 0) is 87.4 Å². The molecule has 2 aromatic carbocycles. The van der Waals surface area contributed by atoms with Crippen LogP contribution in [0.25, 0.3) is 0 Å². The molecule has 0 bridgehead atoms. The number of carbonyl (C=O) groups is 3. The van der Waals surface area contributed by atoms with Gasteiger partial charge in [-0.1, -0.05) is 18.2 Å². The summed E-state index contributed by atoms with van der Waals surface area (Å²) >= 11 is 0. The van der Waals surface area contributed by atoms with E-state index >= 15 is 0 Å². The summed E-state index contributed by atoms with van der Waals surface area (Å²) in [5.74, 6) is -0.205. The molecule has 1 atom stereocenters. The van der Waals surface area contributed by atoms with Crippen LogP contribution in [-0.2, 0) is 32.2 Å². The second kappa shape index (κ2) is 15.2. The molecule has 10 nitrogen and oxygen atoms in total. The van der Waals surface area contributed by atoms with Crippen molar-refractivity contribution in [3.05, 3.63) is 59.2 Å². The summed E-state index contributed by atoms with van der Waals surface area (Å²) in [4.78, 5) is 41.9. The molecule has 4 rings (SSSR count). The Morgan fingerprint density at radius 1 is 1.07 bits per heavy atom. The Morgan fingerprint density at radius 3 is 2.51 bits per heavy atom. The topological polar surface area (TPSA) is 112 Å². The first-order chi connectivity index (χ1) is 20.6. The molecular formula is C33H46N4O6. The Balaban J connectivity index is 1.24. The lowest BCUT2D eigenvalue weighted by atomic mass is 9.85. The summed E-state index contributed by atoms with van der Waals surface area (Å²) in [6.07, 6.45) is 2.64. The predicted molar refractivity (Wildman–Crippen MR) is 166 cm³/mol. The zero-order valence-corrected chi connectivity index (χ0v) is 25.9. The molecule has 1 aliphatic heterocycles. The van der Waals surface area contributed by atoms with Gasteiger partial charge in [0, 0.05) is 62.6 Å². The van der Waals surface area contributed by atoms with Crippen molar-refractivity contribution < 1.29 is 29.0 Å². The van der Waals surface area contributed by atoms with Crippen LogP contribution in [0.2, 0.25) is 0 Å². The molecule has 2 fully saturated rings. The van der Waals surface area contributed by atoms with Crippen LogP contribution in [0.15, 0.2) is 42.5 Å². The van der Waals surface area contributed by atoms with E-state index < -0.39 is 6.09 Å². The third kappa shape index (κ3) is 8.93. The number of nitrogens with one attached hydrogen (secondary N) is 1. The maximum atomic E-state index is 13.4. The number of carbonyl (C=O) groups excluding carboxylic acids is 2. The molecule has 2 amide bonds. The number of piperazine rings is 1. The van der Waals surface area contributed by atoms with Gasteiger partial charge in [0.05, 0.1) is 13.2 Å². The third-order valence-electron chi connectivity index (χ3n) is 8.56. The summed E-state index contributed by atoms with van der Waals surface area (Å²) in [6, 6.07) is 14.5. The van der Waals surface area contributed by atoms with Crippen LogP contribution in [0.5, 0.6) is 0 Å². The molecule has 1 aliphatic carbocycles. The molecule has 1 saturated heterocycles. The molecule has 0 spiro atoms. The van der Waals surface area contributed by atoms with Crippen molar-refractivity contribution in [3.8, 4) is 0 Å². The molecular weight excluding hydrogens is 548 g/mol. The Bertz CT molecular complexity index is 1260. The van der Waals surface area contributed by atoms with Crippen LogP contribution >= 0.6 is 0 Å². The second-order valence-corrected chi connectivity index (χ2v) is 11.8. The van der Waals surface area contributed by atoms with Gasteiger partial charge in [0.25, 0.3) is 0 Å². The van der Waals surface area contributed by atoms with Gasteiger partial charge in [-0.3, -0.25) is 9.69 Å². The zero-order chi connectivity index (χ0) is 30.9. The fourth-order valence-corrected chi connectivity index (χ4v) is 6.10. The van der Waals surface area contributed by atoms with E-state index in [1.807, 2.05) is 44.3 Å². The Labute approximate surface area is 254 Å². The smallest absolute Gasteiger partial charge is 0.407 e. The van der Waals surface area contributed by atoms with E-state index in [0.717, 1.165) is 54.7 Å². The van der Waals surface area contributed by atoms with E-state index in [0.29, 0.717) is 38.9 Å². The molecule has 1 saturated carbocycles. The summed E-state index contributed by atoms with van der Waals surface area (Å²) in [6.45, 7) is 9.12. The van der Waals surface area contributed by atoms with Gasteiger partial charge in [0.2, 0.25) is 5.91 Å². The maximum Gasteiger partial charge on any atom is 0.407 e. The summed E-state index contributed by atoms with van der Waals surface area (Å²) in [7, 11) is 1.86. The highest BCUT2D eigenvalue weighted by atomic mass is 16.6. The second-order valence-electron chi connectivity index (χ2n) is 11.8. The minimum absolute atomic E-state index is 0.00216. The van der Waals surface area contributed by atoms with Crippen molar-refractivity contribution in [3.63, 3.8) is 0 Å². The van der Waals surface area contributed by atoms with Crippen LogP contribution in [0.1, 0.15) is 56.2 Å². The lowest BCUT2D eigenvalue weighted by Crippen LogP contribution is -2.53. The first kappa shape index (κ1) is 32.3. The average Bonchev–Trinajstić information content (AvgIpc) is 2.98. The molecule has 234 valence electrons. The largest absolute Gasteiger partial charge is 0.465 e. The van der Waals surface area contributed by atoms with E-state index in [9.17, 15) is 19.5 Å². The van der Waals surface area contributed by atoms with Crippen LogP contribution < -0.4 is 10.2 Å². The van der Waals surface area contributed by atoms with E-state index in [2.05, 4.69) is 29.3 Å². The van der Waals surface area contributed by atoms with Crippen molar-refractivity contribution in [2.75, 3.05) is 50.1 Å². The quantitative estimate of drug-likeness (QED) is 0.354. The van der Waals surface area contributed by atoms with E-state index in [4.69, 9.17) is 9.47 Å².